The number of benzene rings is 3. The zero-order chi connectivity index (χ0) is 16.8. The molecule has 0 aliphatic heterocycles. The zero-order valence-corrected chi connectivity index (χ0v) is 14.9. The van der Waals surface area contributed by atoms with Gasteiger partial charge in [-0.05, 0) is 28.8 Å². The minimum absolute atomic E-state index is 0.662. The lowest BCUT2D eigenvalue weighted by molar-refractivity contribution is 1.15. The van der Waals surface area contributed by atoms with Crippen molar-refractivity contribution in [2.24, 2.45) is 5.73 Å². The smallest absolute Gasteiger partial charge is 0.0644 e. The number of hydrogen-bond acceptors (Lipinski definition) is 2. The number of rotatable bonds is 6. The van der Waals surface area contributed by atoms with Gasteiger partial charge in [0.1, 0.15) is 0 Å². The van der Waals surface area contributed by atoms with Gasteiger partial charge in [-0.3, -0.25) is 0 Å². The molecule has 3 heteroatoms. The van der Waals surface area contributed by atoms with Crippen LogP contribution in [0.4, 0.5) is 0 Å². The van der Waals surface area contributed by atoms with Gasteiger partial charge in [0, 0.05) is 22.2 Å². The summed E-state index contributed by atoms with van der Waals surface area (Å²) in [7, 11) is 0. The summed E-state index contributed by atoms with van der Waals surface area (Å²) in [6.45, 7) is 0.662. The lowest BCUT2D eigenvalue weighted by atomic mass is 9.85. The second-order valence-electron chi connectivity index (χ2n) is 5.39. The summed E-state index contributed by atoms with van der Waals surface area (Å²) < 4.78 is 0. The van der Waals surface area contributed by atoms with E-state index in [4.69, 9.17) is 17.3 Å². The van der Waals surface area contributed by atoms with Gasteiger partial charge >= 0.3 is 0 Å². The van der Waals surface area contributed by atoms with Crippen LogP contribution in [0.5, 0.6) is 0 Å². The average molecular weight is 353 g/mol. The summed E-state index contributed by atoms with van der Waals surface area (Å²) in [5, 5.41) is 0.764. The highest BCUT2D eigenvalue weighted by atomic mass is 35.5. The van der Waals surface area contributed by atoms with Gasteiger partial charge in [-0.1, -0.05) is 78.3 Å². The normalized spacial score (nSPS) is 11.0. The largest absolute Gasteiger partial charge is 0.330 e. The van der Waals surface area contributed by atoms with Gasteiger partial charge in [0.25, 0.3) is 0 Å². The minimum atomic E-state index is 0.662. The Morgan fingerprint density at radius 1 is 0.833 bits per heavy atom. The molecule has 0 atom stereocenters. The Morgan fingerprint density at radius 2 is 1.42 bits per heavy atom. The molecule has 0 saturated heterocycles. The van der Waals surface area contributed by atoms with Gasteiger partial charge in [0.15, 0.2) is 0 Å². The van der Waals surface area contributed by atoms with Crippen molar-refractivity contribution in [1.82, 2.24) is 0 Å². The molecule has 0 aromatic heterocycles. The van der Waals surface area contributed by atoms with Crippen molar-refractivity contribution in [3.63, 3.8) is 0 Å². The molecule has 2 N–H and O–H groups in total. The van der Waals surface area contributed by atoms with Crippen molar-refractivity contribution >= 4 is 23.4 Å². The Hall–Kier alpha value is -1.74. The number of nitrogens with two attached hydrogens (primary N) is 1. The number of halogens is 1. The molecule has 0 amide bonds. The molecule has 1 radical (unpaired) electrons. The third-order valence-electron chi connectivity index (χ3n) is 3.72. The molecule has 24 heavy (non-hydrogen) atoms. The summed E-state index contributed by atoms with van der Waals surface area (Å²) in [6, 6.07) is 27.0. The highest BCUT2D eigenvalue weighted by Gasteiger charge is 2.20. The fraction of sp³-hybridized carbons (Fsp3) is 0.0952. The summed E-state index contributed by atoms with van der Waals surface area (Å²) in [4.78, 5) is 1.15. The lowest BCUT2D eigenvalue weighted by Gasteiger charge is -2.19. The van der Waals surface area contributed by atoms with E-state index in [0.717, 1.165) is 38.3 Å². The van der Waals surface area contributed by atoms with E-state index >= 15 is 0 Å². The quantitative estimate of drug-likeness (QED) is 0.474. The fourth-order valence-electron chi connectivity index (χ4n) is 2.65. The highest BCUT2D eigenvalue weighted by Crippen LogP contribution is 2.36. The van der Waals surface area contributed by atoms with Crippen LogP contribution in [0, 0.1) is 5.92 Å². The first-order chi connectivity index (χ1) is 11.8. The maximum absolute atomic E-state index is 6.64. The van der Waals surface area contributed by atoms with E-state index < -0.39 is 0 Å². The maximum Gasteiger partial charge on any atom is 0.0644 e. The Kier molecular flexibility index (Phi) is 5.97. The van der Waals surface area contributed by atoms with Crippen LogP contribution in [0.2, 0.25) is 5.02 Å². The number of hydrogen-bond donors (Lipinski definition) is 1. The summed E-state index contributed by atoms with van der Waals surface area (Å²) >= 11 is 8.37. The van der Waals surface area contributed by atoms with Crippen LogP contribution >= 0.6 is 23.4 Å². The molecule has 0 aliphatic rings. The van der Waals surface area contributed by atoms with E-state index in [-0.39, 0.29) is 0 Å². The van der Waals surface area contributed by atoms with Crippen LogP contribution in [0.1, 0.15) is 16.7 Å². The van der Waals surface area contributed by atoms with E-state index in [9.17, 15) is 0 Å². The molecular formula is C21H19ClNS. The van der Waals surface area contributed by atoms with E-state index in [0.29, 0.717) is 6.54 Å². The molecule has 3 rings (SSSR count). The monoisotopic (exact) mass is 352 g/mol. The highest BCUT2D eigenvalue weighted by molar-refractivity contribution is 7.99. The molecule has 1 nitrogen and oxygen atoms in total. The van der Waals surface area contributed by atoms with Gasteiger partial charge in [0.2, 0.25) is 0 Å². The second-order valence-corrected chi connectivity index (χ2v) is 6.96. The van der Waals surface area contributed by atoms with Crippen LogP contribution < -0.4 is 5.73 Å². The Balaban J connectivity index is 2.03. The summed E-state index contributed by atoms with van der Waals surface area (Å²) in [5.41, 5.74) is 8.95. The van der Waals surface area contributed by atoms with E-state index in [1.807, 2.05) is 18.2 Å². The predicted molar refractivity (Wildman–Crippen MR) is 105 cm³/mol. The third-order valence-corrected chi connectivity index (χ3v) is 5.06. The standard InChI is InChI=1S/C21H19ClNS/c22-20-15-18(24-14-13-23)11-12-19(20)21(16-7-3-1-4-8-16)17-9-5-2-6-10-17/h1-12,15H,13-14,23H2. The van der Waals surface area contributed by atoms with Crippen molar-refractivity contribution in [3.8, 4) is 0 Å². The molecule has 121 valence electrons. The second kappa shape index (κ2) is 8.39. The Labute approximate surface area is 152 Å². The molecule has 0 unspecified atom stereocenters. The topological polar surface area (TPSA) is 26.0 Å². The van der Waals surface area contributed by atoms with Gasteiger partial charge in [-0.15, -0.1) is 11.8 Å². The Bertz CT molecular complexity index is 735. The van der Waals surface area contributed by atoms with Crippen LogP contribution in [0.25, 0.3) is 0 Å². The summed E-state index contributed by atoms with van der Waals surface area (Å²) in [5.74, 6) is 2.04. The van der Waals surface area contributed by atoms with Crippen LogP contribution in [0.3, 0.4) is 0 Å². The van der Waals surface area contributed by atoms with Gasteiger partial charge in [-0.2, -0.15) is 0 Å². The molecule has 0 heterocycles. The minimum Gasteiger partial charge on any atom is -0.330 e. The molecule has 0 saturated carbocycles. The lowest BCUT2D eigenvalue weighted by Crippen LogP contribution is -2.05. The van der Waals surface area contributed by atoms with Crippen molar-refractivity contribution in [2.45, 2.75) is 4.90 Å². The van der Waals surface area contributed by atoms with E-state index in [1.165, 1.54) is 0 Å². The van der Waals surface area contributed by atoms with Crippen molar-refractivity contribution in [3.05, 3.63) is 106 Å². The molecular weight excluding hydrogens is 334 g/mol. The van der Waals surface area contributed by atoms with E-state index in [1.54, 1.807) is 11.8 Å². The van der Waals surface area contributed by atoms with Crippen molar-refractivity contribution in [2.75, 3.05) is 12.3 Å². The van der Waals surface area contributed by atoms with Crippen molar-refractivity contribution < 1.29 is 0 Å². The maximum atomic E-state index is 6.64. The van der Waals surface area contributed by atoms with Crippen LogP contribution in [-0.4, -0.2) is 12.3 Å². The zero-order valence-electron chi connectivity index (χ0n) is 13.3. The SMILES string of the molecule is NCCSc1ccc([C](c2ccccc2)c2ccccc2)c(Cl)c1. The molecule has 0 bridgehead atoms. The molecule has 3 aromatic rings. The average Bonchev–Trinajstić information content (AvgIpc) is 2.64. The van der Waals surface area contributed by atoms with Gasteiger partial charge in [0.05, 0.1) is 5.92 Å². The summed E-state index contributed by atoms with van der Waals surface area (Å²) in [6.07, 6.45) is 0. The number of thioether (sulfide) groups is 1. The predicted octanol–water partition coefficient (Wildman–Crippen LogP) is 5.41. The molecule has 3 aromatic carbocycles. The van der Waals surface area contributed by atoms with Crippen LogP contribution in [0.15, 0.2) is 83.8 Å². The van der Waals surface area contributed by atoms with E-state index in [2.05, 4.69) is 60.7 Å². The molecule has 0 spiro atoms. The third kappa shape index (κ3) is 4.02. The fourth-order valence-corrected chi connectivity index (χ4v) is 3.71. The first kappa shape index (κ1) is 17.1. The Morgan fingerprint density at radius 3 is 1.92 bits per heavy atom. The van der Waals surface area contributed by atoms with Crippen molar-refractivity contribution in [1.29, 1.82) is 0 Å². The first-order valence-electron chi connectivity index (χ1n) is 7.90. The van der Waals surface area contributed by atoms with Gasteiger partial charge < -0.3 is 5.73 Å². The van der Waals surface area contributed by atoms with Gasteiger partial charge in [-0.25, -0.2) is 0 Å². The molecule has 0 fully saturated rings. The molecule has 0 aliphatic carbocycles. The van der Waals surface area contributed by atoms with Crippen LogP contribution in [-0.2, 0) is 0 Å². The first-order valence-corrected chi connectivity index (χ1v) is 9.26.